The molecule has 0 radical (unpaired) electrons. The summed E-state index contributed by atoms with van der Waals surface area (Å²) in [6.45, 7) is 0. The van der Waals surface area contributed by atoms with E-state index in [9.17, 15) is 0 Å². The first-order chi connectivity index (χ1) is 5.86. The van der Waals surface area contributed by atoms with Crippen LogP contribution in [0.4, 0.5) is 0 Å². The van der Waals surface area contributed by atoms with Crippen LogP contribution in [0, 0.1) is 0 Å². The van der Waals surface area contributed by atoms with E-state index in [0.717, 1.165) is 0 Å². The van der Waals surface area contributed by atoms with Crippen LogP contribution in [0.25, 0.3) is 0 Å². The fourth-order valence-electron chi connectivity index (χ4n) is 1.78. The molecule has 0 spiro atoms. The summed E-state index contributed by atoms with van der Waals surface area (Å²) in [6, 6.07) is 0.541. The van der Waals surface area contributed by atoms with Crippen LogP contribution >= 0.6 is 11.6 Å². The predicted octanol–water partition coefficient (Wildman–Crippen LogP) is 2.44. The van der Waals surface area contributed by atoms with Gasteiger partial charge in [-0.15, -0.1) is 5.10 Å². The molecule has 1 fully saturated rings. The van der Waals surface area contributed by atoms with Crippen LogP contribution < -0.4 is 0 Å². The molecule has 1 aromatic rings. The maximum atomic E-state index is 5.64. The Bertz CT molecular complexity index is 253. The molecule has 4 heteroatoms. The van der Waals surface area contributed by atoms with Gasteiger partial charge in [-0.3, -0.25) is 0 Å². The summed E-state index contributed by atoms with van der Waals surface area (Å²) in [4.78, 5) is 3.91. The molecule has 1 aromatic heterocycles. The van der Waals surface area contributed by atoms with E-state index in [0.29, 0.717) is 11.3 Å². The lowest BCUT2D eigenvalue weighted by molar-refractivity contribution is 0.329. The third-order valence-electron chi connectivity index (χ3n) is 2.43. The quantitative estimate of drug-likeness (QED) is 0.673. The summed E-state index contributed by atoms with van der Waals surface area (Å²) in [6.07, 6.45) is 8.15. The Morgan fingerprint density at radius 2 is 2.08 bits per heavy atom. The van der Waals surface area contributed by atoms with Gasteiger partial charge in [0.25, 0.3) is 0 Å². The van der Waals surface area contributed by atoms with Crippen molar-refractivity contribution in [2.45, 2.75) is 38.1 Å². The van der Waals surface area contributed by atoms with Crippen LogP contribution in [0.3, 0.4) is 0 Å². The first-order valence-corrected chi connectivity index (χ1v) is 4.81. The van der Waals surface area contributed by atoms with Gasteiger partial charge >= 0.3 is 0 Å². The van der Waals surface area contributed by atoms with E-state index < -0.39 is 0 Å². The van der Waals surface area contributed by atoms with Crippen molar-refractivity contribution in [3.63, 3.8) is 0 Å². The van der Waals surface area contributed by atoms with Gasteiger partial charge < -0.3 is 0 Å². The van der Waals surface area contributed by atoms with Gasteiger partial charge in [-0.1, -0.05) is 19.3 Å². The van der Waals surface area contributed by atoms with Gasteiger partial charge in [0.2, 0.25) is 5.28 Å². The number of halogens is 1. The number of nitrogens with zero attached hydrogens (tertiary/aromatic N) is 3. The maximum absolute atomic E-state index is 5.64. The number of hydrogen-bond acceptors (Lipinski definition) is 2. The Hall–Kier alpha value is -0.570. The fourth-order valence-corrected chi connectivity index (χ4v) is 1.91. The van der Waals surface area contributed by atoms with Gasteiger partial charge in [-0.25, -0.2) is 9.67 Å². The van der Waals surface area contributed by atoms with Crippen LogP contribution in [0.5, 0.6) is 0 Å². The molecule has 0 unspecified atom stereocenters. The van der Waals surface area contributed by atoms with E-state index in [2.05, 4.69) is 10.1 Å². The lowest BCUT2D eigenvalue weighted by Crippen LogP contribution is -2.12. The van der Waals surface area contributed by atoms with Gasteiger partial charge in [0.05, 0.1) is 6.04 Å². The zero-order valence-corrected chi connectivity index (χ0v) is 7.67. The molecule has 0 aliphatic heterocycles. The highest BCUT2D eigenvalue weighted by atomic mass is 35.5. The van der Waals surface area contributed by atoms with Crippen molar-refractivity contribution < 1.29 is 0 Å². The number of rotatable bonds is 1. The van der Waals surface area contributed by atoms with Crippen LogP contribution in [0.2, 0.25) is 5.28 Å². The lowest BCUT2D eigenvalue weighted by atomic mass is 9.96. The first-order valence-electron chi connectivity index (χ1n) is 4.43. The van der Waals surface area contributed by atoms with Gasteiger partial charge in [0.1, 0.15) is 6.33 Å². The highest BCUT2D eigenvalue weighted by molar-refractivity contribution is 6.28. The van der Waals surface area contributed by atoms with Gasteiger partial charge in [0.15, 0.2) is 0 Å². The normalized spacial score (nSPS) is 19.8. The molecular formula is C8H12ClN3. The lowest BCUT2D eigenvalue weighted by Gasteiger charge is -2.20. The molecular weight excluding hydrogens is 174 g/mol. The monoisotopic (exact) mass is 185 g/mol. The van der Waals surface area contributed by atoms with Crippen LogP contribution in [-0.2, 0) is 0 Å². The minimum absolute atomic E-state index is 0.362. The Kier molecular flexibility index (Phi) is 2.30. The van der Waals surface area contributed by atoms with E-state index in [1.54, 1.807) is 6.33 Å². The average Bonchev–Trinajstić information content (AvgIpc) is 2.54. The van der Waals surface area contributed by atoms with E-state index in [-0.39, 0.29) is 0 Å². The summed E-state index contributed by atoms with van der Waals surface area (Å²) < 4.78 is 1.90. The molecule has 0 amide bonds. The second kappa shape index (κ2) is 3.44. The zero-order valence-electron chi connectivity index (χ0n) is 6.91. The second-order valence-corrected chi connectivity index (χ2v) is 3.62. The highest BCUT2D eigenvalue weighted by Crippen LogP contribution is 2.27. The van der Waals surface area contributed by atoms with Crippen LogP contribution in [0.15, 0.2) is 6.33 Å². The van der Waals surface area contributed by atoms with Crippen molar-refractivity contribution >= 4 is 11.6 Å². The fraction of sp³-hybridized carbons (Fsp3) is 0.750. The van der Waals surface area contributed by atoms with Crippen molar-refractivity contribution in [3.05, 3.63) is 11.6 Å². The van der Waals surface area contributed by atoms with E-state index in [4.69, 9.17) is 11.6 Å². The van der Waals surface area contributed by atoms with Crippen molar-refractivity contribution in [2.75, 3.05) is 0 Å². The summed E-state index contributed by atoms with van der Waals surface area (Å²) in [5.74, 6) is 0. The van der Waals surface area contributed by atoms with Crippen LogP contribution in [-0.4, -0.2) is 14.8 Å². The Morgan fingerprint density at radius 1 is 1.33 bits per heavy atom. The molecule has 0 saturated heterocycles. The summed E-state index contributed by atoms with van der Waals surface area (Å²) in [5.41, 5.74) is 0. The highest BCUT2D eigenvalue weighted by Gasteiger charge is 2.15. The van der Waals surface area contributed by atoms with E-state index >= 15 is 0 Å². The SMILES string of the molecule is Clc1ncn(C2CCCCC2)n1. The predicted molar refractivity (Wildman–Crippen MR) is 47.2 cm³/mol. The molecule has 3 nitrogen and oxygen atoms in total. The summed E-state index contributed by atoms with van der Waals surface area (Å²) in [5, 5.41) is 4.47. The smallest absolute Gasteiger partial charge is 0.242 e. The molecule has 1 heterocycles. The van der Waals surface area contributed by atoms with Gasteiger partial charge in [0, 0.05) is 0 Å². The topological polar surface area (TPSA) is 30.7 Å². The summed E-state index contributed by atoms with van der Waals surface area (Å²) >= 11 is 5.64. The Labute approximate surface area is 76.7 Å². The second-order valence-electron chi connectivity index (χ2n) is 3.29. The zero-order chi connectivity index (χ0) is 8.39. The molecule has 1 aliphatic carbocycles. The molecule has 12 heavy (non-hydrogen) atoms. The molecule has 66 valence electrons. The number of aromatic nitrogens is 3. The standard InChI is InChI=1S/C8H12ClN3/c9-8-10-6-12(11-8)7-4-2-1-3-5-7/h6-7H,1-5H2. The summed E-state index contributed by atoms with van der Waals surface area (Å²) in [7, 11) is 0. The molecule has 2 rings (SSSR count). The average molecular weight is 186 g/mol. The number of hydrogen-bond donors (Lipinski definition) is 0. The van der Waals surface area contributed by atoms with Gasteiger partial charge in [-0.2, -0.15) is 0 Å². The van der Waals surface area contributed by atoms with Crippen molar-refractivity contribution in [1.82, 2.24) is 14.8 Å². The molecule has 0 atom stereocenters. The molecule has 0 N–H and O–H groups in total. The van der Waals surface area contributed by atoms with Crippen LogP contribution in [0.1, 0.15) is 38.1 Å². The Balaban J connectivity index is 2.08. The third-order valence-corrected chi connectivity index (χ3v) is 2.60. The largest absolute Gasteiger partial charge is 0.248 e. The minimum atomic E-state index is 0.362. The van der Waals surface area contributed by atoms with Crippen molar-refractivity contribution in [3.8, 4) is 0 Å². The van der Waals surface area contributed by atoms with E-state index in [1.165, 1.54) is 32.1 Å². The molecule has 0 bridgehead atoms. The third kappa shape index (κ3) is 1.61. The minimum Gasteiger partial charge on any atom is -0.248 e. The maximum Gasteiger partial charge on any atom is 0.242 e. The molecule has 1 saturated carbocycles. The van der Waals surface area contributed by atoms with Crippen molar-refractivity contribution in [2.24, 2.45) is 0 Å². The van der Waals surface area contributed by atoms with Crippen molar-refractivity contribution in [1.29, 1.82) is 0 Å². The first kappa shape index (κ1) is 8.05. The van der Waals surface area contributed by atoms with E-state index in [1.807, 2.05) is 4.68 Å². The molecule has 1 aliphatic rings. The molecule has 0 aromatic carbocycles. The van der Waals surface area contributed by atoms with Gasteiger partial charge in [-0.05, 0) is 24.4 Å². The Morgan fingerprint density at radius 3 is 2.67 bits per heavy atom.